The van der Waals surface area contributed by atoms with E-state index in [-0.39, 0.29) is 24.1 Å². The Hall–Kier alpha value is -1.18. The number of carbonyl (C=O) groups excluding carboxylic acids is 2. The standard InChI is InChI=1S/C44H78O7/c1-3-5-7-9-15-21-27-36-38(49-36)29-23-17-11-13-19-25-33-47-43(45)35-31-32-40-42(51-40)41(35)44(46)48-34-26-20-14-12-18-24-30-39-37(50-39)28-22-16-10-8-6-4-2/h35-42H,3-34H2,1-2H3. The molecule has 4 fully saturated rings. The first-order valence-electron chi connectivity index (χ1n) is 22.4. The van der Waals surface area contributed by atoms with Crippen LogP contribution < -0.4 is 0 Å². The Labute approximate surface area is 312 Å². The molecule has 296 valence electrons. The quantitative estimate of drug-likeness (QED) is 0.0371. The van der Waals surface area contributed by atoms with Crippen molar-refractivity contribution in [1.29, 1.82) is 0 Å². The Morgan fingerprint density at radius 3 is 1.25 bits per heavy atom. The van der Waals surface area contributed by atoms with E-state index in [1.54, 1.807) is 0 Å². The highest BCUT2D eigenvalue weighted by molar-refractivity contribution is 5.83. The summed E-state index contributed by atoms with van der Waals surface area (Å²) in [5.74, 6) is -1.45. The Morgan fingerprint density at radius 1 is 0.451 bits per heavy atom. The minimum atomic E-state index is -0.508. The van der Waals surface area contributed by atoms with Gasteiger partial charge in [-0.05, 0) is 51.4 Å². The molecule has 8 atom stereocenters. The van der Waals surface area contributed by atoms with Crippen LogP contribution >= 0.6 is 0 Å². The smallest absolute Gasteiger partial charge is 0.312 e. The van der Waals surface area contributed by atoms with Crippen LogP contribution in [0.4, 0.5) is 0 Å². The van der Waals surface area contributed by atoms with Gasteiger partial charge in [0.15, 0.2) is 0 Å². The molecule has 3 aliphatic heterocycles. The van der Waals surface area contributed by atoms with Crippen LogP contribution in [0.25, 0.3) is 0 Å². The molecule has 7 nitrogen and oxygen atoms in total. The zero-order chi connectivity index (χ0) is 35.9. The Balaban J connectivity index is 0.924. The van der Waals surface area contributed by atoms with Crippen LogP contribution in [0.1, 0.15) is 206 Å². The van der Waals surface area contributed by atoms with Crippen molar-refractivity contribution in [2.24, 2.45) is 11.8 Å². The molecule has 3 heterocycles. The third-order valence-corrected chi connectivity index (χ3v) is 12.1. The van der Waals surface area contributed by atoms with Gasteiger partial charge in [-0.1, -0.05) is 155 Å². The van der Waals surface area contributed by atoms with E-state index in [0.29, 0.717) is 44.1 Å². The SMILES string of the molecule is CCCCCCCCC1OC1CCCCCCCCOC(=O)C1CCC2OC2C1C(=O)OCCCCCCCCC1OC1CCCCCCCC. The molecule has 1 saturated carbocycles. The van der Waals surface area contributed by atoms with E-state index in [1.165, 1.54) is 154 Å². The molecule has 0 bridgehead atoms. The molecule has 0 amide bonds. The highest BCUT2D eigenvalue weighted by Crippen LogP contribution is 2.45. The fourth-order valence-electron chi connectivity index (χ4n) is 8.50. The first-order valence-corrected chi connectivity index (χ1v) is 22.4. The number of unbranched alkanes of at least 4 members (excludes halogenated alkanes) is 20. The third kappa shape index (κ3) is 17.7. The molecule has 3 saturated heterocycles. The van der Waals surface area contributed by atoms with Crippen LogP contribution in [-0.2, 0) is 33.3 Å². The highest BCUT2D eigenvalue weighted by Gasteiger charge is 2.57. The molecule has 0 radical (unpaired) electrons. The van der Waals surface area contributed by atoms with Crippen molar-refractivity contribution in [3.05, 3.63) is 0 Å². The molecule has 0 aromatic heterocycles. The molecule has 0 aromatic rings. The van der Waals surface area contributed by atoms with Gasteiger partial charge >= 0.3 is 11.9 Å². The normalized spacial score (nSPS) is 27.6. The first kappa shape index (κ1) is 42.6. The summed E-state index contributed by atoms with van der Waals surface area (Å²) in [7, 11) is 0. The predicted molar refractivity (Wildman–Crippen MR) is 205 cm³/mol. The van der Waals surface area contributed by atoms with Crippen molar-refractivity contribution >= 4 is 11.9 Å². The molecule has 0 aromatic carbocycles. The van der Waals surface area contributed by atoms with Crippen molar-refractivity contribution in [1.82, 2.24) is 0 Å². The van der Waals surface area contributed by atoms with Gasteiger partial charge in [-0.2, -0.15) is 0 Å². The van der Waals surface area contributed by atoms with Gasteiger partial charge in [0.1, 0.15) is 0 Å². The van der Waals surface area contributed by atoms with Crippen molar-refractivity contribution < 1.29 is 33.3 Å². The molecule has 4 aliphatic rings. The minimum Gasteiger partial charge on any atom is -0.465 e. The molecule has 1 aliphatic carbocycles. The summed E-state index contributed by atoms with van der Waals surface area (Å²) in [6.45, 7) is 5.41. The van der Waals surface area contributed by atoms with Crippen LogP contribution in [0.5, 0.6) is 0 Å². The number of esters is 2. The summed E-state index contributed by atoms with van der Waals surface area (Å²) in [5, 5.41) is 0. The van der Waals surface area contributed by atoms with Crippen molar-refractivity contribution in [3.8, 4) is 0 Å². The van der Waals surface area contributed by atoms with Gasteiger partial charge in [-0.15, -0.1) is 0 Å². The monoisotopic (exact) mass is 719 g/mol. The van der Waals surface area contributed by atoms with Crippen molar-refractivity contribution in [2.45, 2.75) is 243 Å². The van der Waals surface area contributed by atoms with Gasteiger partial charge in [0, 0.05) is 0 Å². The second kappa shape index (κ2) is 25.8. The number of fused-ring (bicyclic) bond motifs is 1. The molecule has 0 N–H and O–H groups in total. The van der Waals surface area contributed by atoms with Crippen LogP contribution in [0.2, 0.25) is 0 Å². The van der Waals surface area contributed by atoms with E-state index < -0.39 is 11.8 Å². The predicted octanol–water partition coefficient (Wildman–Crippen LogP) is 11.4. The number of ether oxygens (including phenoxy) is 5. The maximum atomic E-state index is 13.1. The van der Waals surface area contributed by atoms with E-state index in [2.05, 4.69) is 13.8 Å². The summed E-state index contributed by atoms with van der Waals surface area (Å²) in [6, 6.07) is 0. The molecule has 7 heteroatoms. The van der Waals surface area contributed by atoms with Crippen LogP contribution in [0, 0.1) is 11.8 Å². The maximum Gasteiger partial charge on any atom is 0.312 e. The van der Waals surface area contributed by atoms with E-state index in [4.69, 9.17) is 23.7 Å². The third-order valence-electron chi connectivity index (χ3n) is 12.1. The van der Waals surface area contributed by atoms with Gasteiger partial charge in [0.25, 0.3) is 0 Å². The van der Waals surface area contributed by atoms with Gasteiger partial charge in [-0.25, -0.2) is 0 Å². The zero-order valence-corrected chi connectivity index (χ0v) is 33.1. The Bertz CT molecular complexity index is 925. The van der Waals surface area contributed by atoms with Gasteiger partial charge in [0.2, 0.25) is 0 Å². The molecule has 8 unspecified atom stereocenters. The van der Waals surface area contributed by atoms with E-state index in [9.17, 15) is 9.59 Å². The summed E-state index contributed by atoms with van der Waals surface area (Å²) in [6.07, 6.45) is 38.5. The lowest BCUT2D eigenvalue weighted by Gasteiger charge is -2.25. The Kier molecular flexibility index (Phi) is 21.5. The zero-order valence-electron chi connectivity index (χ0n) is 33.1. The van der Waals surface area contributed by atoms with Gasteiger partial charge < -0.3 is 23.7 Å². The van der Waals surface area contributed by atoms with Crippen molar-refractivity contribution in [3.63, 3.8) is 0 Å². The number of carbonyl (C=O) groups is 2. The lowest BCUT2D eigenvalue weighted by molar-refractivity contribution is -0.162. The van der Waals surface area contributed by atoms with E-state index >= 15 is 0 Å². The molecule has 51 heavy (non-hydrogen) atoms. The topological polar surface area (TPSA) is 90.2 Å². The summed E-state index contributed by atoms with van der Waals surface area (Å²) in [5.41, 5.74) is 0. The second-order valence-electron chi connectivity index (χ2n) is 16.5. The second-order valence-corrected chi connectivity index (χ2v) is 16.5. The van der Waals surface area contributed by atoms with E-state index in [0.717, 1.165) is 32.1 Å². The first-order chi connectivity index (χ1) is 25.1. The fourth-order valence-corrected chi connectivity index (χ4v) is 8.50. The number of hydrogen-bond acceptors (Lipinski definition) is 7. The van der Waals surface area contributed by atoms with Crippen molar-refractivity contribution in [2.75, 3.05) is 13.2 Å². The number of epoxide rings is 3. The van der Waals surface area contributed by atoms with E-state index in [1.807, 2.05) is 0 Å². The molecule has 0 spiro atoms. The van der Waals surface area contributed by atoms with Crippen LogP contribution in [0.3, 0.4) is 0 Å². The molecule has 4 rings (SSSR count). The lowest BCUT2D eigenvalue weighted by Crippen LogP contribution is -2.39. The Morgan fingerprint density at radius 2 is 0.824 bits per heavy atom. The molecular weight excluding hydrogens is 640 g/mol. The average Bonchev–Trinajstić information content (AvgIpc) is 4.05. The van der Waals surface area contributed by atoms with Crippen LogP contribution in [0.15, 0.2) is 0 Å². The number of rotatable bonds is 34. The lowest BCUT2D eigenvalue weighted by atomic mass is 9.79. The number of hydrogen-bond donors (Lipinski definition) is 0. The highest BCUT2D eigenvalue weighted by atomic mass is 16.6. The minimum absolute atomic E-state index is 0.108. The maximum absolute atomic E-state index is 13.1. The summed E-state index contributed by atoms with van der Waals surface area (Å²) >= 11 is 0. The summed E-state index contributed by atoms with van der Waals surface area (Å²) in [4.78, 5) is 26.1. The van der Waals surface area contributed by atoms with Crippen LogP contribution in [-0.4, -0.2) is 61.8 Å². The molecular formula is C44H78O7. The largest absolute Gasteiger partial charge is 0.465 e. The average molecular weight is 719 g/mol. The summed E-state index contributed by atoms with van der Waals surface area (Å²) < 4.78 is 28.9. The van der Waals surface area contributed by atoms with Gasteiger partial charge in [-0.3, -0.25) is 9.59 Å². The fraction of sp³-hybridized carbons (Fsp3) is 0.955. The van der Waals surface area contributed by atoms with Gasteiger partial charge in [0.05, 0.1) is 61.7 Å².